The second-order valence-electron chi connectivity index (χ2n) is 10.0. The Balaban J connectivity index is 1.51. The molecule has 0 unspecified atom stereocenters. The summed E-state index contributed by atoms with van der Waals surface area (Å²) < 4.78 is 36.1. The summed E-state index contributed by atoms with van der Waals surface area (Å²) >= 11 is 0. The van der Waals surface area contributed by atoms with E-state index in [1.807, 2.05) is 31.3 Å². The third-order valence-electron chi connectivity index (χ3n) is 7.45. The Morgan fingerprint density at radius 3 is 2.38 bits per heavy atom. The van der Waals surface area contributed by atoms with Gasteiger partial charge in [0.1, 0.15) is 0 Å². The number of hydrogen-bond acceptors (Lipinski definition) is 7. The molecule has 0 N–H and O–H groups in total. The summed E-state index contributed by atoms with van der Waals surface area (Å²) in [5.41, 5.74) is 4.67. The van der Waals surface area contributed by atoms with Gasteiger partial charge in [0.15, 0.2) is 5.65 Å². The SMILES string of the molecule is COc1ccc(-c2cn(S(=O)(=O)c3ccc(C)cc3)c3ncc(-c4ccnn4C4CCN(C)CC4)cc23)cn1. The van der Waals surface area contributed by atoms with E-state index in [2.05, 4.69) is 26.7 Å². The van der Waals surface area contributed by atoms with Crippen LogP contribution in [0, 0.1) is 6.92 Å². The van der Waals surface area contributed by atoms with Gasteiger partial charge in [0.05, 0.1) is 23.7 Å². The second kappa shape index (κ2) is 9.94. The van der Waals surface area contributed by atoms with E-state index >= 15 is 0 Å². The first-order valence-corrected chi connectivity index (χ1v) is 14.4. The monoisotopic (exact) mass is 542 g/mol. The van der Waals surface area contributed by atoms with E-state index in [1.54, 1.807) is 56.0 Å². The summed E-state index contributed by atoms with van der Waals surface area (Å²) in [7, 11) is -0.190. The summed E-state index contributed by atoms with van der Waals surface area (Å²) in [5.74, 6) is 0.482. The number of nitrogens with zero attached hydrogens (tertiary/aromatic N) is 6. The van der Waals surface area contributed by atoms with E-state index in [4.69, 9.17) is 9.72 Å². The molecule has 1 aromatic carbocycles. The normalized spacial score (nSPS) is 15.2. The van der Waals surface area contributed by atoms with E-state index in [0.29, 0.717) is 23.0 Å². The van der Waals surface area contributed by atoms with Crippen molar-refractivity contribution in [2.45, 2.75) is 30.7 Å². The summed E-state index contributed by atoms with van der Waals surface area (Å²) in [5, 5.41) is 5.37. The van der Waals surface area contributed by atoms with Gasteiger partial charge in [-0.1, -0.05) is 17.7 Å². The number of likely N-dealkylation sites (tertiary alicyclic amines) is 1. The maximum atomic E-state index is 13.8. The molecule has 39 heavy (non-hydrogen) atoms. The maximum absolute atomic E-state index is 13.8. The molecule has 0 bridgehead atoms. The molecule has 5 heterocycles. The predicted molar refractivity (Wildman–Crippen MR) is 150 cm³/mol. The molecule has 200 valence electrons. The number of ether oxygens (including phenoxy) is 1. The first-order chi connectivity index (χ1) is 18.8. The highest BCUT2D eigenvalue weighted by atomic mass is 32.2. The molecule has 1 fully saturated rings. The molecule has 1 aliphatic rings. The lowest BCUT2D eigenvalue weighted by Gasteiger charge is -2.30. The quantitative estimate of drug-likeness (QED) is 0.305. The fourth-order valence-electron chi connectivity index (χ4n) is 5.19. The number of pyridine rings is 2. The van der Waals surface area contributed by atoms with Crippen LogP contribution in [0.1, 0.15) is 24.4 Å². The molecule has 0 spiro atoms. The minimum atomic E-state index is -3.89. The number of hydrogen-bond donors (Lipinski definition) is 0. The van der Waals surface area contributed by atoms with Gasteiger partial charge in [-0.15, -0.1) is 0 Å². The number of fused-ring (bicyclic) bond motifs is 1. The summed E-state index contributed by atoms with van der Waals surface area (Å²) in [6.07, 6.45) is 8.92. The smallest absolute Gasteiger partial charge is 0.269 e. The van der Waals surface area contributed by atoms with Crippen LogP contribution in [0.25, 0.3) is 33.4 Å². The largest absolute Gasteiger partial charge is 0.481 e. The summed E-state index contributed by atoms with van der Waals surface area (Å²) in [6.45, 7) is 3.97. The summed E-state index contributed by atoms with van der Waals surface area (Å²) in [6, 6.07) is 14.8. The maximum Gasteiger partial charge on any atom is 0.269 e. The van der Waals surface area contributed by atoms with Crippen LogP contribution in [-0.2, 0) is 10.0 Å². The second-order valence-corrected chi connectivity index (χ2v) is 11.9. The first-order valence-electron chi connectivity index (χ1n) is 12.9. The van der Waals surface area contributed by atoms with Crippen molar-refractivity contribution in [1.29, 1.82) is 0 Å². The van der Waals surface area contributed by atoms with Gasteiger partial charge in [0.25, 0.3) is 10.0 Å². The molecule has 0 aliphatic carbocycles. The molecule has 10 heteroatoms. The van der Waals surface area contributed by atoms with Gasteiger partial charge < -0.3 is 9.64 Å². The number of aryl methyl sites for hydroxylation is 1. The van der Waals surface area contributed by atoms with Crippen LogP contribution in [0.2, 0.25) is 0 Å². The molecule has 0 radical (unpaired) electrons. The van der Waals surface area contributed by atoms with Crippen molar-refractivity contribution >= 4 is 21.1 Å². The van der Waals surface area contributed by atoms with Crippen molar-refractivity contribution in [3.8, 4) is 28.3 Å². The Bertz CT molecular complexity index is 1730. The van der Waals surface area contributed by atoms with E-state index in [-0.39, 0.29) is 4.90 Å². The number of piperidine rings is 1. The molecule has 0 atom stereocenters. The Morgan fingerprint density at radius 2 is 1.69 bits per heavy atom. The Morgan fingerprint density at radius 1 is 0.949 bits per heavy atom. The topological polar surface area (TPSA) is 95.1 Å². The number of rotatable bonds is 6. The van der Waals surface area contributed by atoms with Gasteiger partial charge in [-0.25, -0.2) is 22.4 Å². The van der Waals surface area contributed by atoms with Crippen LogP contribution in [-0.4, -0.2) is 64.3 Å². The molecule has 0 saturated carbocycles. The van der Waals surface area contributed by atoms with Crippen molar-refractivity contribution in [2.24, 2.45) is 0 Å². The third-order valence-corrected chi connectivity index (χ3v) is 9.11. The first kappa shape index (κ1) is 25.3. The predicted octanol–water partition coefficient (Wildman–Crippen LogP) is 4.78. The Kier molecular flexibility index (Phi) is 6.44. The van der Waals surface area contributed by atoms with Crippen molar-refractivity contribution in [2.75, 3.05) is 27.2 Å². The lowest BCUT2D eigenvalue weighted by molar-refractivity contribution is 0.213. The van der Waals surface area contributed by atoms with Crippen LogP contribution in [0.3, 0.4) is 0 Å². The van der Waals surface area contributed by atoms with Crippen molar-refractivity contribution in [3.05, 3.63) is 78.9 Å². The van der Waals surface area contributed by atoms with Crippen molar-refractivity contribution < 1.29 is 13.2 Å². The number of aromatic nitrogens is 5. The highest BCUT2D eigenvalue weighted by molar-refractivity contribution is 7.90. The molecule has 1 aliphatic heterocycles. The van der Waals surface area contributed by atoms with Gasteiger partial charge in [-0.3, -0.25) is 4.68 Å². The van der Waals surface area contributed by atoms with Crippen molar-refractivity contribution in [1.82, 2.24) is 28.6 Å². The van der Waals surface area contributed by atoms with Crippen LogP contribution < -0.4 is 4.74 Å². The molecular formula is C29H30N6O3S. The Hall–Kier alpha value is -4.02. The van der Waals surface area contributed by atoms with Gasteiger partial charge in [0, 0.05) is 52.9 Å². The zero-order valence-corrected chi connectivity index (χ0v) is 23.0. The Labute approximate surface area is 227 Å². The van der Waals surface area contributed by atoms with E-state index in [0.717, 1.165) is 53.9 Å². The standard InChI is InChI=1S/C29H30N6O3S/c1-20-4-7-24(8-5-20)39(36,37)34-19-26(21-6-9-28(38-3)30-17-21)25-16-22(18-31-29(25)34)27-10-13-32-35(27)23-11-14-33(2)15-12-23/h4-10,13,16-19,23H,11-12,14-15H2,1-3H3. The molecular weight excluding hydrogens is 512 g/mol. The highest BCUT2D eigenvalue weighted by Gasteiger charge is 2.25. The molecule has 1 saturated heterocycles. The van der Waals surface area contributed by atoms with Crippen LogP contribution >= 0.6 is 0 Å². The summed E-state index contributed by atoms with van der Waals surface area (Å²) in [4.78, 5) is 11.6. The van der Waals surface area contributed by atoms with Gasteiger partial charge >= 0.3 is 0 Å². The van der Waals surface area contributed by atoms with Gasteiger partial charge in [0.2, 0.25) is 5.88 Å². The van der Waals surface area contributed by atoms with Crippen LogP contribution in [0.15, 0.2) is 78.2 Å². The zero-order chi connectivity index (χ0) is 27.1. The molecule has 5 aromatic rings. The lowest BCUT2D eigenvalue weighted by Crippen LogP contribution is -2.32. The van der Waals surface area contributed by atoms with Gasteiger partial charge in [-0.2, -0.15) is 5.10 Å². The van der Waals surface area contributed by atoms with E-state index < -0.39 is 10.0 Å². The fraction of sp³-hybridized carbons (Fsp3) is 0.276. The van der Waals surface area contributed by atoms with Crippen LogP contribution in [0.4, 0.5) is 0 Å². The van der Waals surface area contributed by atoms with E-state index in [1.165, 1.54) is 3.97 Å². The average Bonchev–Trinajstić information content (AvgIpc) is 3.59. The molecule has 9 nitrogen and oxygen atoms in total. The fourth-order valence-corrected chi connectivity index (χ4v) is 6.51. The lowest BCUT2D eigenvalue weighted by atomic mass is 10.0. The minimum absolute atomic E-state index is 0.204. The van der Waals surface area contributed by atoms with Crippen LogP contribution in [0.5, 0.6) is 5.88 Å². The van der Waals surface area contributed by atoms with E-state index in [9.17, 15) is 8.42 Å². The minimum Gasteiger partial charge on any atom is -0.481 e. The number of benzene rings is 1. The highest BCUT2D eigenvalue weighted by Crippen LogP contribution is 2.36. The average molecular weight is 543 g/mol. The van der Waals surface area contributed by atoms with Gasteiger partial charge in [-0.05, 0) is 70.2 Å². The zero-order valence-electron chi connectivity index (χ0n) is 22.2. The molecule has 4 aromatic heterocycles. The molecule has 6 rings (SSSR count). The molecule has 0 amide bonds. The third kappa shape index (κ3) is 4.59. The van der Waals surface area contributed by atoms with Crippen molar-refractivity contribution in [3.63, 3.8) is 0 Å². The number of methoxy groups -OCH3 is 1.